The van der Waals surface area contributed by atoms with E-state index in [2.05, 4.69) is 17.1 Å². The van der Waals surface area contributed by atoms with Crippen molar-refractivity contribution in [2.75, 3.05) is 0 Å². The minimum Gasteiger partial charge on any atom is -0.361 e. The second kappa shape index (κ2) is 2.42. The number of fused-ring (bicyclic) bond motifs is 1. The molecule has 1 nitrogen and oxygen atoms in total. The van der Waals surface area contributed by atoms with Gasteiger partial charge in [0.2, 0.25) is 0 Å². The van der Waals surface area contributed by atoms with E-state index < -0.39 is 0 Å². The summed E-state index contributed by atoms with van der Waals surface area (Å²) in [6, 6.07) is 8.16. The number of rotatable bonds is 1. The van der Waals surface area contributed by atoms with E-state index in [9.17, 15) is 0 Å². The first-order valence-corrected chi connectivity index (χ1v) is 3.67. The minimum absolute atomic E-state index is 0.601. The van der Waals surface area contributed by atoms with Crippen molar-refractivity contribution >= 4 is 10.9 Å². The number of para-hydroxylation sites is 1. The molecule has 0 bridgehead atoms. The maximum atomic E-state index is 5.54. The average molecular weight is 143 g/mol. The van der Waals surface area contributed by atoms with Crippen LogP contribution in [0.3, 0.4) is 0 Å². The Morgan fingerprint density at radius 3 is 2.91 bits per heavy atom. The molecule has 1 heterocycles. The van der Waals surface area contributed by atoms with Crippen LogP contribution < -0.4 is 0 Å². The molecular formula is C10H9N. The van der Waals surface area contributed by atoms with Crippen molar-refractivity contribution in [1.29, 1.82) is 0 Å². The lowest BCUT2D eigenvalue weighted by Gasteiger charge is -1.90. The van der Waals surface area contributed by atoms with Gasteiger partial charge in [0, 0.05) is 17.1 Å². The standard InChI is InChI=1S/C10H9N/c1-2-8-7-11-10-6-4-3-5-9(8)10/h1,3-7,11H,2H2. The molecule has 0 atom stereocenters. The first kappa shape index (κ1) is 6.47. The molecule has 1 N–H and O–H groups in total. The van der Waals surface area contributed by atoms with Crippen LogP contribution in [-0.4, -0.2) is 4.98 Å². The lowest BCUT2D eigenvalue weighted by Crippen LogP contribution is -1.73. The summed E-state index contributed by atoms with van der Waals surface area (Å²) in [5.41, 5.74) is 2.34. The first-order chi connectivity index (χ1) is 5.42. The molecule has 1 aromatic carbocycles. The highest BCUT2D eigenvalue weighted by Gasteiger charge is 1.98. The number of hydrogen-bond donors (Lipinski definition) is 1. The van der Waals surface area contributed by atoms with Crippen molar-refractivity contribution < 1.29 is 0 Å². The van der Waals surface area contributed by atoms with Gasteiger partial charge in [0.25, 0.3) is 0 Å². The third-order valence-electron chi connectivity index (χ3n) is 1.89. The lowest BCUT2D eigenvalue weighted by molar-refractivity contribution is 1.29. The lowest BCUT2D eigenvalue weighted by atomic mass is 10.1. The number of hydrogen-bond acceptors (Lipinski definition) is 0. The van der Waals surface area contributed by atoms with Crippen LogP contribution in [0.5, 0.6) is 0 Å². The van der Waals surface area contributed by atoms with Gasteiger partial charge in [-0.15, -0.1) is 0 Å². The molecule has 1 aromatic heterocycles. The summed E-state index contributed by atoms with van der Waals surface area (Å²) in [5.74, 6) is 0. The van der Waals surface area contributed by atoms with Crippen LogP contribution in [0.15, 0.2) is 30.5 Å². The number of benzene rings is 1. The number of aromatic nitrogens is 1. The van der Waals surface area contributed by atoms with E-state index in [0.717, 1.165) is 5.52 Å². The van der Waals surface area contributed by atoms with Gasteiger partial charge in [-0.05, 0) is 25.0 Å². The third-order valence-corrected chi connectivity index (χ3v) is 1.89. The fraction of sp³-hybridized carbons (Fsp3) is 0.100. The Morgan fingerprint density at radius 2 is 2.09 bits per heavy atom. The molecule has 2 rings (SSSR count). The second-order valence-electron chi connectivity index (χ2n) is 2.56. The SMILES string of the molecule is [CH]Cc1c[nH]c2ccccc12. The Morgan fingerprint density at radius 1 is 1.27 bits per heavy atom. The summed E-state index contributed by atoms with van der Waals surface area (Å²) in [7, 11) is 0. The molecular weight excluding hydrogens is 134 g/mol. The molecule has 2 radical (unpaired) electrons. The Balaban J connectivity index is 2.76. The van der Waals surface area contributed by atoms with Gasteiger partial charge in [-0.1, -0.05) is 18.2 Å². The molecule has 0 aliphatic heterocycles. The molecule has 0 fully saturated rings. The molecule has 0 aliphatic carbocycles. The van der Waals surface area contributed by atoms with Crippen molar-refractivity contribution in [3.8, 4) is 0 Å². The zero-order valence-electron chi connectivity index (χ0n) is 6.17. The van der Waals surface area contributed by atoms with E-state index in [4.69, 9.17) is 6.92 Å². The fourth-order valence-electron chi connectivity index (χ4n) is 1.30. The van der Waals surface area contributed by atoms with Gasteiger partial charge in [0.05, 0.1) is 0 Å². The summed E-state index contributed by atoms with van der Waals surface area (Å²) in [6.07, 6.45) is 2.56. The minimum atomic E-state index is 0.601. The maximum absolute atomic E-state index is 5.54. The Hall–Kier alpha value is -1.24. The van der Waals surface area contributed by atoms with Crippen molar-refractivity contribution in [3.05, 3.63) is 42.9 Å². The van der Waals surface area contributed by atoms with Crippen LogP contribution in [0.4, 0.5) is 0 Å². The highest BCUT2D eigenvalue weighted by atomic mass is 14.7. The molecule has 0 saturated carbocycles. The van der Waals surface area contributed by atoms with Gasteiger partial charge in [-0.2, -0.15) is 0 Å². The molecule has 1 heteroatoms. The molecule has 0 saturated heterocycles. The zero-order chi connectivity index (χ0) is 7.68. The van der Waals surface area contributed by atoms with Crippen molar-refractivity contribution in [3.63, 3.8) is 0 Å². The van der Waals surface area contributed by atoms with Crippen LogP contribution in [0.25, 0.3) is 10.9 Å². The van der Waals surface area contributed by atoms with Gasteiger partial charge in [-0.25, -0.2) is 0 Å². The van der Waals surface area contributed by atoms with Crippen molar-refractivity contribution in [1.82, 2.24) is 4.98 Å². The largest absolute Gasteiger partial charge is 0.361 e. The number of H-pyrrole nitrogens is 1. The van der Waals surface area contributed by atoms with Gasteiger partial charge in [0.15, 0.2) is 0 Å². The smallest absolute Gasteiger partial charge is 0.0456 e. The summed E-state index contributed by atoms with van der Waals surface area (Å²) in [6.45, 7) is 5.54. The molecule has 0 unspecified atom stereocenters. The van der Waals surface area contributed by atoms with E-state index in [1.807, 2.05) is 18.3 Å². The topological polar surface area (TPSA) is 15.8 Å². The normalized spacial score (nSPS) is 10.6. The van der Waals surface area contributed by atoms with E-state index in [0.29, 0.717) is 6.42 Å². The van der Waals surface area contributed by atoms with Gasteiger partial charge in [0.1, 0.15) is 0 Å². The van der Waals surface area contributed by atoms with Gasteiger partial charge in [-0.3, -0.25) is 0 Å². The van der Waals surface area contributed by atoms with Crippen LogP contribution >= 0.6 is 0 Å². The summed E-state index contributed by atoms with van der Waals surface area (Å²) in [5, 5.41) is 1.23. The fourth-order valence-corrected chi connectivity index (χ4v) is 1.30. The number of aromatic amines is 1. The quantitative estimate of drug-likeness (QED) is 0.631. The zero-order valence-corrected chi connectivity index (χ0v) is 6.17. The van der Waals surface area contributed by atoms with Crippen LogP contribution in [0.1, 0.15) is 5.56 Å². The Bertz CT molecular complexity index is 360. The third kappa shape index (κ3) is 0.929. The number of nitrogens with one attached hydrogen (secondary N) is 1. The molecule has 0 spiro atoms. The Labute approximate surface area is 66.1 Å². The van der Waals surface area contributed by atoms with Gasteiger partial charge >= 0.3 is 0 Å². The monoisotopic (exact) mass is 143 g/mol. The van der Waals surface area contributed by atoms with E-state index >= 15 is 0 Å². The first-order valence-electron chi connectivity index (χ1n) is 3.67. The highest BCUT2D eigenvalue weighted by Crippen LogP contribution is 2.17. The van der Waals surface area contributed by atoms with E-state index in [-0.39, 0.29) is 0 Å². The van der Waals surface area contributed by atoms with E-state index in [1.165, 1.54) is 10.9 Å². The van der Waals surface area contributed by atoms with Crippen LogP contribution in [-0.2, 0) is 6.42 Å². The predicted molar refractivity (Wildman–Crippen MR) is 46.3 cm³/mol. The average Bonchev–Trinajstić information content (AvgIpc) is 2.47. The van der Waals surface area contributed by atoms with E-state index in [1.54, 1.807) is 0 Å². The van der Waals surface area contributed by atoms with Crippen molar-refractivity contribution in [2.45, 2.75) is 6.42 Å². The maximum Gasteiger partial charge on any atom is 0.0456 e. The molecule has 11 heavy (non-hydrogen) atoms. The second-order valence-corrected chi connectivity index (χ2v) is 2.56. The summed E-state index contributed by atoms with van der Waals surface area (Å²) < 4.78 is 0. The molecule has 54 valence electrons. The summed E-state index contributed by atoms with van der Waals surface area (Å²) >= 11 is 0. The summed E-state index contributed by atoms with van der Waals surface area (Å²) in [4.78, 5) is 3.16. The van der Waals surface area contributed by atoms with Crippen LogP contribution in [0, 0.1) is 6.92 Å². The predicted octanol–water partition coefficient (Wildman–Crippen LogP) is 2.42. The van der Waals surface area contributed by atoms with Gasteiger partial charge < -0.3 is 4.98 Å². The molecule has 0 aliphatic rings. The molecule has 0 amide bonds. The highest BCUT2D eigenvalue weighted by molar-refractivity contribution is 5.83. The van der Waals surface area contributed by atoms with Crippen molar-refractivity contribution in [2.24, 2.45) is 0 Å². The Kier molecular flexibility index (Phi) is 1.42. The van der Waals surface area contributed by atoms with Crippen LogP contribution in [0.2, 0.25) is 0 Å². The molecule has 2 aromatic rings.